The molecule has 1 aromatic heterocycles. The third-order valence-electron chi connectivity index (χ3n) is 2.38. The molecule has 0 aliphatic carbocycles. The Balaban J connectivity index is 2.65. The monoisotopic (exact) mass is 336 g/mol. The minimum absolute atomic E-state index is 0.00983. The van der Waals surface area contributed by atoms with Crippen molar-refractivity contribution in [1.29, 1.82) is 0 Å². The van der Waals surface area contributed by atoms with Crippen LogP contribution in [0.1, 0.15) is 13.3 Å². The zero-order valence-electron chi connectivity index (χ0n) is 12.0. The van der Waals surface area contributed by atoms with Gasteiger partial charge in [0.2, 0.25) is 20.0 Å². The van der Waals surface area contributed by atoms with Crippen LogP contribution in [0.4, 0.5) is 5.82 Å². The van der Waals surface area contributed by atoms with Gasteiger partial charge < -0.3 is 5.32 Å². The molecular weight excluding hydrogens is 316 g/mol. The lowest BCUT2D eigenvalue weighted by atomic mass is 10.4. The number of hydrogen-bond acceptors (Lipinski definition) is 6. The molecule has 0 bridgehead atoms. The van der Waals surface area contributed by atoms with Gasteiger partial charge in [0.15, 0.2) is 0 Å². The lowest BCUT2D eigenvalue weighted by Crippen LogP contribution is -2.34. The van der Waals surface area contributed by atoms with E-state index in [2.05, 4.69) is 19.7 Å². The van der Waals surface area contributed by atoms with Gasteiger partial charge >= 0.3 is 0 Å². The first-order valence-corrected chi connectivity index (χ1v) is 9.76. The van der Waals surface area contributed by atoms with E-state index in [9.17, 15) is 16.8 Å². The highest BCUT2D eigenvalue weighted by Gasteiger charge is 2.14. The second kappa shape index (κ2) is 7.69. The average Bonchev–Trinajstić information content (AvgIpc) is 2.41. The van der Waals surface area contributed by atoms with Gasteiger partial charge in [-0.25, -0.2) is 31.3 Å². The maximum Gasteiger partial charge on any atom is 0.240 e. The molecule has 21 heavy (non-hydrogen) atoms. The van der Waals surface area contributed by atoms with Crippen LogP contribution in [-0.2, 0) is 20.0 Å². The van der Waals surface area contributed by atoms with Crippen molar-refractivity contribution in [3.63, 3.8) is 0 Å². The number of aromatic nitrogens is 1. The fourth-order valence-electron chi connectivity index (χ4n) is 1.43. The van der Waals surface area contributed by atoms with Crippen LogP contribution in [0.5, 0.6) is 0 Å². The van der Waals surface area contributed by atoms with Crippen LogP contribution in [-0.4, -0.2) is 47.7 Å². The number of anilines is 1. The molecule has 10 heteroatoms. The zero-order valence-corrected chi connectivity index (χ0v) is 13.6. The van der Waals surface area contributed by atoms with Crippen molar-refractivity contribution in [2.24, 2.45) is 0 Å². The third-order valence-corrected chi connectivity index (χ3v) is 4.57. The summed E-state index contributed by atoms with van der Waals surface area (Å²) in [7, 11) is -7.02. The van der Waals surface area contributed by atoms with Crippen molar-refractivity contribution in [3.05, 3.63) is 18.3 Å². The molecule has 0 aliphatic rings. The predicted molar refractivity (Wildman–Crippen MR) is 81.1 cm³/mol. The Morgan fingerprint density at radius 3 is 2.38 bits per heavy atom. The van der Waals surface area contributed by atoms with E-state index in [1.54, 1.807) is 0 Å². The van der Waals surface area contributed by atoms with Crippen molar-refractivity contribution in [1.82, 2.24) is 14.4 Å². The predicted octanol–water partition coefficient (Wildman–Crippen LogP) is -0.269. The molecule has 1 heterocycles. The van der Waals surface area contributed by atoms with Crippen LogP contribution >= 0.6 is 0 Å². The molecule has 0 amide bonds. The van der Waals surface area contributed by atoms with Gasteiger partial charge in [-0.15, -0.1) is 0 Å². The number of nitrogens with zero attached hydrogens (tertiary/aromatic N) is 1. The highest BCUT2D eigenvalue weighted by Crippen LogP contribution is 2.12. The lowest BCUT2D eigenvalue weighted by molar-refractivity contribution is 0.573. The van der Waals surface area contributed by atoms with E-state index >= 15 is 0 Å². The van der Waals surface area contributed by atoms with Crippen LogP contribution in [0.15, 0.2) is 23.2 Å². The van der Waals surface area contributed by atoms with Crippen molar-refractivity contribution in [2.75, 3.05) is 31.2 Å². The molecule has 0 atom stereocenters. The summed E-state index contributed by atoms with van der Waals surface area (Å²) in [5.41, 5.74) is 0. The Labute approximate surface area is 125 Å². The van der Waals surface area contributed by atoms with Gasteiger partial charge in [-0.05, 0) is 12.5 Å². The van der Waals surface area contributed by atoms with E-state index in [-0.39, 0.29) is 18.0 Å². The van der Waals surface area contributed by atoms with Crippen molar-refractivity contribution in [2.45, 2.75) is 18.2 Å². The Morgan fingerprint density at radius 2 is 1.76 bits per heavy atom. The van der Waals surface area contributed by atoms with Crippen molar-refractivity contribution in [3.8, 4) is 0 Å². The summed E-state index contributed by atoms with van der Waals surface area (Å²) in [6.07, 6.45) is 3.31. The normalized spacial score (nSPS) is 12.3. The first kappa shape index (κ1) is 17.8. The molecule has 0 aromatic carbocycles. The van der Waals surface area contributed by atoms with Crippen LogP contribution in [0, 0.1) is 0 Å². The highest BCUT2D eigenvalue weighted by atomic mass is 32.2. The van der Waals surface area contributed by atoms with E-state index in [1.165, 1.54) is 18.3 Å². The third kappa shape index (κ3) is 6.85. The standard InChI is InChI=1S/C11H20N4O4S2/c1-3-5-12-11-9-10(4-6-13-11)21(18,19)15-8-7-14-20(2,16)17/h4,6,9,14-15H,3,5,7-8H2,1-2H3,(H,12,13). The summed E-state index contributed by atoms with van der Waals surface area (Å²) in [4.78, 5) is 4.10. The van der Waals surface area contributed by atoms with Gasteiger partial charge in [0.05, 0.1) is 11.2 Å². The molecule has 0 saturated heterocycles. The minimum atomic E-state index is -3.69. The molecule has 1 aromatic rings. The summed E-state index contributed by atoms with van der Waals surface area (Å²) in [5.74, 6) is 0.481. The van der Waals surface area contributed by atoms with Crippen molar-refractivity contribution >= 4 is 25.9 Å². The average molecular weight is 336 g/mol. The van der Waals surface area contributed by atoms with E-state index in [0.29, 0.717) is 12.4 Å². The van der Waals surface area contributed by atoms with Crippen LogP contribution in [0.2, 0.25) is 0 Å². The van der Waals surface area contributed by atoms with Gasteiger partial charge in [0, 0.05) is 31.9 Å². The number of nitrogens with one attached hydrogen (secondary N) is 3. The Hall–Kier alpha value is -1.23. The second-order valence-electron chi connectivity index (χ2n) is 4.37. The van der Waals surface area contributed by atoms with Gasteiger partial charge in [0.1, 0.15) is 5.82 Å². The molecule has 1 rings (SSSR count). The summed E-state index contributed by atoms with van der Waals surface area (Å²) >= 11 is 0. The smallest absolute Gasteiger partial charge is 0.240 e. The number of pyridine rings is 1. The molecule has 3 N–H and O–H groups in total. The van der Waals surface area contributed by atoms with Gasteiger partial charge in [0.25, 0.3) is 0 Å². The summed E-state index contributed by atoms with van der Waals surface area (Å²) in [6.45, 7) is 2.64. The lowest BCUT2D eigenvalue weighted by Gasteiger charge is -2.09. The maximum atomic E-state index is 12.0. The van der Waals surface area contributed by atoms with Crippen LogP contribution < -0.4 is 14.8 Å². The fourth-order valence-corrected chi connectivity index (χ4v) is 2.95. The Morgan fingerprint density at radius 1 is 1.10 bits per heavy atom. The quantitative estimate of drug-likeness (QED) is 0.535. The maximum absolute atomic E-state index is 12.0. The molecule has 0 saturated carbocycles. The molecule has 8 nitrogen and oxygen atoms in total. The second-order valence-corrected chi connectivity index (χ2v) is 7.97. The Kier molecular flexibility index (Phi) is 6.52. The summed E-state index contributed by atoms with van der Waals surface area (Å²) < 4.78 is 50.3. The number of hydrogen-bond donors (Lipinski definition) is 3. The first-order chi connectivity index (χ1) is 9.74. The molecule has 0 spiro atoms. The fraction of sp³-hybridized carbons (Fsp3) is 0.545. The van der Waals surface area contributed by atoms with Gasteiger partial charge in [-0.3, -0.25) is 0 Å². The highest BCUT2D eigenvalue weighted by molar-refractivity contribution is 7.89. The molecule has 0 fully saturated rings. The van der Waals surface area contributed by atoms with Crippen LogP contribution in [0.3, 0.4) is 0 Å². The molecular formula is C11H20N4O4S2. The number of sulfonamides is 2. The van der Waals surface area contributed by atoms with Crippen LogP contribution in [0.25, 0.3) is 0 Å². The van der Waals surface area contributed by atoms with Gasteiger partial charge in [-0.2, -0.15) is 0 Å². The first-order valence-electron chi connectivity index (χ1n) is 6.39. The molecule has 0 unspecified atom stereocenters. The topological polar surface area (TPSA) is 117 Å². The number of rotatable bonds is 9. The summed E-state index contributed by atoms with van der Waals surface area (Å²) in [6, 6.07) is 2.81. The molecule has 0 radical (unpaired) electrons. The van der Waals surface area contributed by atoms with E-state index < -0.39 is 20.0 Å². The van der Waals surface area contributed by atoms with Gasteiger partial charge in [-0.1, -0.05) is 6.92 Å². The zero-order chi connectivity index (χ0) is 15.9. The minimum Gasteiger partial charge on any atom is -0.370 e. The van der Waals surface area contributed by atoms with Crippen molar-refractivity contribution < 1.29 is 16.8 Å². The van der Waals surface area contributed by atoms with E-state index in [0.717, 1.165) is 12.7 Å². The largest absolute Gasteiger partial charge is 0.370 e. The SMILES string of the molecule is CCCNc1cc(S(=O)(=O)NCCNS(C)(=O)=O)ccn1. The summed E-state index contributed by atoms with van der Waals surface area (Å²) in [5, 5.41) is 3.00. The Bertz CT molecular complexity index is 659. The molecule has 0 aliphatic heterocycles. The van der Waals surface area contributed by atoms with E-state index in [1.807, 2.05) is 6.92 Å². The van der Waals surface area contributed by atoms with E-state index in [4.69, 9.17) is 0 Å². The molecule has 120 valence electrons.